The number of thioether (sulfide) groups is 1. The molecule has 0 saturated heterocycles. The average Bonchev–Trinajstić information content (AvgIpc) is 3.26. The molecule has 0 saturated carbocycles. The van der Waals surface area contributed by atoms with Crippen LogP contribution in [0.5, 0.6) is 11.5 Å². The molecule has 0 amide bonds. The van der Waals surface area contributed by atoms with Gasteiger partial charge in [0, 0.05) is 29.8 Å². The minimum atomic E-state index is -3.67. The number of hydrogen-bond donors (Lipinski definition) is 1. The fourth-order valence-electron chi connectivity index (χ4n) is 4.19. The first kappa shape index (κ1) is 20.8. The lowest BCUT2D eigenvalue weighted by atomic mass is 9.80. The molecule has 2 heterocycles. The molecule has 30 heavy (non-hydrogen) atoms. The van der Waals surface area contributed by atoms with Crippen molar-refractivity contribution in [3.05, 3.63) is 53.1 Å². The van der Waals surface area contributed by atoms with Gasteiger partial charge >= 0.3 is 12.3 Å². The first-order chi connectivity index (χ1) is 14.4. The summed E-state index contributed by atoms with van der Waals surface area (Å²) in [5.74, 6) is 0.265. The van der Waals surface area contributed by atoms with E-state index in [2.05, 4.69) is 33.2 Å². The fourth-order valence-corrected chi connectivity index (χ4v) is 4.74. The maximum absolute atomic E-state index is 13.5. The lowest BCUT2D eigenvalue weighted by Crippen LogP contribution is -2.25. The van der Waals surface area contributed by atoms with Gasteiger partial charge in [-0.2, -0.15) is 11.8 Å². The Morgan fingerprint density at radius 2 is 2.10 bits per heavy atom. The molecule has 0 bridgehead atoms. The van der Waals surface area contributed by atoms with Gasteiger partial charge in [0.05, 0.1) is 13.0 Å². The maximum atomic E-state index is 13.5. The van der Waals surface area contributed by atoms with E-state index >= 15 is 0 Å². The highest BCUT2D eigenvalue weighted by molar-refractivity contribution is 7.97. The minimum absolute atomic E-state index is 0.00732. The Labute approximate surface area is 178 Å². The zero-order valence-electron chi connectivity index (χ0n) is 16.7. The van der Waals surface area contributed by atoms with Gasteiger partial charge in [0.15, 0.2) is 11.5 Å². The second-order valence-corrected chi connectivity index (χ2v) is 8.16. The number of carbonyl (C=O) groups is 1. The predicted octanol–water partition coefficient (Wildman–Crippen LogP) is 5.12. The van der Waals surface area contributed by atoms with Crippen LogP contribution >= 0.6 is 11.8 Å². The smallest absolute Gasteiger partial charge is 0.466 e. The summed E-state index contributed by atoms with van der Waals surface area (Å²) in [7, 11) is 0. The molecule has 1 N–H and O–H groups in total. The molecule has 2 aliphatic rings. The summed E-state index contributed by atoms with van der Waals surface area (Å²) < 4.78 is 41.3. The van der Waals surface area contributed by atoms with E-state index in [-0.39, 0.29) is 42.3 Å². The topological polar surface area (TPSA) is 56.8 Å². The van der Waals surface area contributed by atoms with E-state index in [9.17, 15) is 13.6 Å². The molecule has 2 aromatic carbocycles. The molecular formula is C22H23F2NO4S. The molecule has 0 spiro atoms. The zero-order chi connectivity index (χ0) is 21.3. The second-order valence-electron chi connectivity index (χ2n) is 7.29. The van der Waals surface area contributed by atoms with E-state index in [1.165, 1.54) is 11.6 Å². The molecule has 8 heteroatoms. The minimum Gasteiger partial charge on any atom is -0.466 e. The van der Waals surface area contributed by atoms with Gasteiger partial charge in [-0.15, -0.1) is 8.78 Å². The summed E-state index contributed by atoms with van der Waals surface area (Å²) in [4.78, 5) is 12.4. The average molecular weight is 435 g/mol. The molecule has 0 aliphatic carbocycles. The number of carbonyl (C=O) groups excluding carboxylic acids is 1. The van der Waals surface area contributed by atoms with Crippen LogP contribution in [-0.4, -0.2) is 31.7 Å². The van der Waals surface area contributed by atoms with Crippen LogP contribution in [0.3, 0.4) is 0 Å². The highest BCUT2D eigenvalue weighted by atomic mass is 32.2. The molecule has 0 radical (unpaired) electrons. The number of halogens is 2. The Bertz CT molecular complexity index is 953. The Kier molecular flexibility index (Phi) is 5.77. The highest BCUT2D eigenvalue weighted by Crippen LogP contribution is 2.48. The van der Waals surface area contributed by atoms with Gasteiger partial charge in [-0.05, 0) is 42.0 Å². The normalized spacial score (nSPS) is 19.1. The fraction of sp³-hybridized carbons (Fsp3) is 0.409. The van der Waals surface area contributed by atoms with Crippen molar-refractivity contribution in [3.63, 3.8) is 0 Å². The summed E-state index contributed by atoms with van der Waals surface area (Å²) in [6.07, 6.45) is -1.48. The van der Waals surface area contributed by atoms with E-state index in [4.69, 9.17) is 4.74 Å². The van der Waals surface area contributed by atoms with Gasteiger partial charge in [0.1, 0.15) is 0 Å². The molecule has 4 rings (SSSR count). The molecular weight excluding hydrogens is 412 g/mol. The standard InChI is InChI=1S/C22H23F2NO4S/c1-3-27-20(26)10-16(13-7-8-18-19(9-13)29-22(23,24)28-18)17-11-25-21-14(12-30-2)5-4-6-15(17)21/h4-9,16-17,25H,3,10-12H2,1-2H3. The largest absolute Gasteiger partial charge is 0.586 e. The molecule has 2 unspecified atom stereocenters. The third-order valence-corrected chi connectivity index (χ3v) is 6.01. The van der Waals surface area contributed by atoms with Crippen molar-refractivity contribution in [3.8, 4) is 11.5 Å². The van der Waals surface area contributed by atoms with Crippen LogP contribution in [-0.2, 0) is 15.3 Å². The van der Waals surface area contributed by atoms with Crippen molar-refractivity contribution >= 4 is 23.4 Å². The quantitative estimate of drug-likeness (QED) is 0.610. The van der Waals surface area contributed by atoms with Gasteiger partial charge < -0.3 is 19.5 Å². The van der Waals surface area contributed by atoms with E-state index in [0.29, 0.717) is 6.54 Å². The number of anilines is 1. The number of alkyl halides is 2. The number of ether oxygens (including phenoxy) is 3. The second kappa shape index (κ2) is 8.34. The zero-order valence-corrected chi connectivity index (χ0v) is 17.6. The molecule has 5 nitrogen and oxygen atoms in total. The lowest BCUT2D eigenvalue weighted by Gasteiger charge is -2.24. The SMILES string of the molecule is CCOC(=O)CC(c1ccc2c(c1)OC(F)(F)O2)C1CNc2c(CSC)cccc21. The van der Waals surface area contributed by atoms with Crippen molar-refractivity contribution < 1.29 is 27.8 Å². The number of esters is 1. The van der Waals surface area contributed by atoms with E-state index in [0.717, 1.165) is 22.6 Å². The number of rotatable bonds is 7. The van der Waals surface area contributed by atoms with Crippen LogP contribution in [0.4, 0.5) is 14.5 Å². The van der Waals surface area contributed by atoms with E-state index in [1.54, 1.807) is 30.8 Å². The van der Waals surface area contributed by atoms with Gasteiger partial charge in [-0.25, -0.2) is 0 Å². The van der Waals surface area contributed by atoms with Crippen LogP contribution < -0.4 is 14.8 Å². The summed E-state index contributed by atoms with van der Waals surface area (Å²) >= 11 is 1.74. The molecule has 0 fully saturated rings. The van der Waals surface area contributed by atoms with Crippen LogP contribution in [0.25, 0.3) is 0 Å². The van der Waals surface area contributed by atoms with Crippen molar-refractivity contribution in [2.24, 2.45) is 0 Å². The Hall–Kier alpha value is -2.48. The summed E-state index contributed by atoms with van der Waals surface area (Å²) in [5.41, 5.74) is 4.16. The van der Waals surface area contributed by atoms with Crippen molar-refractivity contribution in [1.82, 2.24) is 0 Å². The summed E-state index contributed by atoms with van der Waals surface area (Å²) in [6.45, 7) is 2.70. The van der Waals surface area contributed by atoms with Crippen molar-refractivity contribution in [2.75, 3.05) is 24.7 Å². The van der Waals surface area contributed by atoms with Gasteiger partial charge in [0.2, 0.25) is 0 Å². The predicted molar refractivity (Wildman–Crippen MR) is 112 cm³/mol. The Morgan fingerprint density at radius 3 is 2.87 bits per heavy atom. The van der Waals surface area contributed by atoms with Crippen LogP contribution in [0.2, 0.25) is 0 Å². The lowest BCUT2D eigenvalue weighted by molar-refractivity contribution is -0.286. The number of para-hydroxylation sites is 1. The molecule has 2 aliphatic heterocycles. The molecule has 2 aromatic rings. The number of benzene rings is 2. The van der Waals surface area contributed by atoms with Crippen LogP contribution in [0.1, 0.15) is 41.9 Å². The molecule has 0 aromatic heterocycles. The van der Waals surface area contributed by atoms with Crippen LogP contribution in [0, 0.1) is 0 Å². The third-order valence-electron chi connectivity index (χ3n) is 5.41. The maximum Gasteiger partial charge on any atom is 0.586 e. The highest BCUT2D eigenvalue weighted by Gasteiger charge is 2.44. The van der Waals surface area contributed by atoms with Gasteiger partial charge in [-0.1, -0.05) is 24.3 Å². The van der Waals surface area contributed by atoms with E-state index in [1.807, 2.05) is 6.07 Å². The number of fused-ring (bicyclic) bond motifs is 2. The molecule has 160 valence electrons. The van der Waals surface area contributed by atoms with Crippen molar-refractivity contribution in [1.29, 1.82) is 0 Å². The summed E-state index contributed by atoms with van der Waals surface area (Å²) in [5, 5.41) is 3.48. The Morgan fingerprint density at radius 1 is 1.30 bits per heavy atom. The van der Waals surface area contributed by atoms with Crippen LogP contribution in [0.15, 0.2) is 36.4 Å². The summed E-state index contributed by atoms with van der Waals surface area (Å²) in [6, 6.07) is 10.9. The number of hydrogen-bond acceptors (Lipinski definition) is 6. The third kappa shape index (κ3) is 4.05. The van der Waals surface area contributed by atoms with Gasteiger partial charge in [0.25, 0.3) is 0 Å². The van der Waals surface area contributed by atoms with Gasteiger partial charge in [-0.3, -0.25) is 4.79 Å². The Balaban J connectivity index is 1.70. The molecule has 2 atom stereocenters. The number of nitrogens with one attached hydrogen (secondary N) is 1. The van der Waals surface area contributed by atoms with E-state index < -0.39 is 6.29 Å². The monoisotopic (exact) mass is 435 g/mol. The first-order valence-electron chi connectivity index (χ1n) is 9.82. The van der Waals surface area contributed by atoms with Crippen molar-refractivity contribution in [2.45, 2.75) is 37.2 Å². The first-order valence-corrected chi connectivity index (χ1v) is 11.2.